The minimum atomic E-state index is -0.218. The predicted octanol–water partition coefficient (Wildman–Crippen LogP) is 1.08. The number of aliphatic hydroxyl groups excluding tert-OH is 1. The lowest BCUT2D eigenvalue weighted by molar-refractivity contribution is 0.0937. The van der Waals surface area contributed by atoms with Crippen LogP contribution in [0.1, 0.15) is 33.1 Å². The lowest BCUT2D eigenvalue weighted by atomic mass is 9.85. The molecule has 1 atom stereocenters. The molecular weight excluding hydrogens is 188 g/mol. The van der Waals surface area contributed by atoms with Crippen LogP contribution in [-0.2, 0) is 0 Å². The third-order valence-corrected chi connectivity index (χ3v) is 3.29. The first-order valence-corrected chi connectivity index (χ1v) is 6.37. The van der Waals surface area contributed by atoms with Crippen LogP contribution in [0.15, 0.2) is 0 Å². The lowest BCUT2D eigenvalue weighted by Crippen LogP contribution is -2.41. The summed E-state index contributed by atoms with van der Waals surface area (Å²) in [4.78, 5) is 2.38. The van der Waals surface area contributed by atoms with Crippen molar-refractivity contribution in [2.24, 2.45) is 5.92 Å². The highest BCUT2D eigenvalue weighted by molar-refractivity contribution is 4.75. The smallest absolute Gasteiger partial charge is 0.0791 e. The van der Waals surface area contributed by atoms with Gasteiger partial charge in [0, 0.05) is 19.6 Å². The second-order valence-electron chi connectivity index (χ2n) is 4.61. The Labute approximate surface area is 93.9 Å². The molecule has 0 saturated heterocycles. The highest BCUT2D eigenvalue weighted by Crippen LogP contribution is 2.26. The molecule has 0 bridgehead atoms. The molecule has 0 heterocycles. The summed E-state index contributed by atoms with van der Waals surface area (Å²) < 4.78 is 0. The molecule has 15 heavy (non-hydrogen) atoms. The summed E-state index contributed by atoms with van der Waals surface area (Å²) in [6.45, 7) is 8.96. The SMILES string of the molecule is CCNCC(O)CN(CC)CC1CCC1. The van der Waals surface area contributed by atoms with Gasteiger partial charge < -0.3 is 15.3 Å². The van der Waals surface area contributed by atoms with E-state index in [-0.39, 0.29) is 6.10 Å². The highest BCUT2D eigenvalue weighted by atomic mass is 16.3. The summed E-state index contributed by atoms with van der Waals surface area (Å²) in [6, 6.07) is 0. The molecule has 0 aromatic heterocycles. The third kappa shape index (κ3) is 4.96. The fraction of sp³-hybridized carbons (Fsp3) is 1.00. The van der Waals surface area contributed by atoms with Gasteiger partial charge in [-0.2, -0.15) is 0 Å². The molecule has 1 aliphatic rings. The average Bonchev–Trinajstić information content (AvgIpc) is 2.18. The molecule has 0 radical (unpaired) electrons. The van der Waals surface area contributed by atoms with Crippen molar-refractivity contribution in [2.75, 3.05) is 32.7 Å². The summed E-state index contributed by atoms with van der Waals surface area (Å²) in [5, 5.41) is 13.0. The van der Waals surface area contributed by atoms with Crippen molar-refractivity contribution in [2.45, 2.75) is 39.2 Å². The fourth-order valence-electron chi connectivity index (χ4n) is 2.05. The standard InChI is InChI=1S/C12H26N2O/c1-3-13-8-12(15)10-14(4-2)9-11-6-5-7-11/h11-13,15H,3-10H2,1-2H3. The Bertz CT molecular complexity index is 160. The van der Waals surface area contributed by atoms with Gasteiger partial charge in [-0.1, -0.05) is 20.3 Å². The van der Waals surface area contributed by atoms with E-state index in [1.165, 1.54) is 25.8 Å². The maximum Gasteiger partial charge on any atom is 0.0791 e. The highest BCUT2D eigenvalue weighted by Gasteiger charge is 2.20. The zero-order valence-electron chi connectivity index (χ0n) is 10.2. The van der Waals surface area contributed by atoms with Crippen molar-refractivity contribution in [1.29, 1.82) is 0 Å². The number of nitrogens with one attached hydrogen (secondary N) is 1. The van der Waals surface area contributed by atoms with Crippen LogP contribution in [0.4, 0.5) is 0 Å². The van der Waals surface area contributed by atoms with Gasteiger partial charge in [-0.3, -0.25) is 0 Å². The van der Waals surface area contributed by atoms with Crippen LogP contribution in [0.5, 0.6) is 0 Å². The molecule has 3 heteroatoms. The molecule has 0 aliphatic heterocycles. The molecule has 1 saturated carbocycles. The lowest BCUT2D eigenvalue weighted by Gasteiger charge is -2.32. The monoisotopic (exact) mass is 214 g/mol. The molecule has 0 amide bonds. The summed E-state index contributed by atoms with van der Waals surface area (Å²) in [6.07, 6.45) is 3.96. The van der Waals surface area contributed by atoms with E-state index in [0.717, 1.165) is 32.1 Å². The molecule has 0 spiro atoms. The maximum absolute atomic E-state index is 9.78. The first-order chi connectivity index (χ1) is 7.26. The van der Waals surface area contributed by atoms with Crippen LogP contribution in [0.3, 0.4) is 0 Å². The van der Waals surface area contributed by atoms with Crippen molar-refractivity contribution in [3.63, 3.8) is 0 Å². The van der Waals surface area contributed by atoms with Crippen LogP contribution in [0.25, 0.3) is 0 Å². The molecule has 2 N–H and O–H groups in total. The fourth-order valence-corrected chi connectivity index (χ4v) is 2.05. The normalized spacial score (nSPS) is 19.2. The van der Waals surface area contributed by atoms with Crippen LogP contribution < -0.4 is 5.32 Å². The van der Waals surface area contributed by atoms with E-state index in [0.29, 0.717) is 0 Å². The molecule has 90 valence electrons. The molecule has 0 aromatic carbocycles. The Morgan fingerprint density at radius 3 is 2.60 bits per heavy atom. The van der Waals surface area contributed by atoms with Gasteiger partial charge in [0.2, 0.25) is 0 Å². The summed E-state index contributed by atoms with van der Waals surface area (Å²) >= 11 is 0. The topological polar surface area (TPSA) is 35.5 Å². The van der Waals surface area contributed by atoms with Gasteiger partial charge >= 0.3 is 0 Å². The van der Waals surface area contributed by atoms with Crippen LogP contribution in [-0.4, -0.2) is 48.8 Å². The van der Waals surface area contributed by atoms with Gasteiger partial charge in [-0.25, -0.2) is 0 Å². The number of nitrogens with zero attached hydrogens (tertiary/aromatic N) is 1. The van der Waals surface area contributed by atoms with Crippen LogP contribution in [0, 0.1) is 5.92 Å². The van der Waals surface area contributed by atoms with E-state index >= 15 is 0 Å². The number of hydrogen-bond donors (Lipinski definition) is 2. The zero-order valence-corrected chi connectivity index (χ0v) is 10.2. The van der Waals surface area contributed by atoms with Gasteiger partial charge in [0.1, 0.15) is 0 Å². The van der Waals surface area contributed by atoms with Crippen molar-refractivity contribution in [1.82, 2.24) is 10.2 Å². The van der Waals surface area contributed by atoms with Crippen LogP contribution in [0.2, 0.25) is 0 Å². The average molecular weight is 214 g/mol. The van der Waals surface area contributed by atoms with Crippen LogP contribution >= 0.6 is 0 Å². The van der Waals surface area contributed by atoms with Gasteiger partial charge in [0.05, 0.1) is 6.10 Å². The van der Waals surface area contributed by atoms with Crippen molar-refractivity contribution in [3.05, 3.63) is 0 Å². The molecule has 1 fully saturated rings. The van der Waals surface area contributed by atoms with E-state index < -0.39 is 0 Å². The van der Waals surface area contributed by atoms with E-state index in [1.807, 2.05) is 0 Å². The molecule has 1 rings (SSSR count). The van der Waals surface area contributed by atoms with Crippen molar-refractivity contribution in [3.8, 4) is 0 Å². The van der Waals surface area contributed by atoms with Gasteiger partial charge in [-0.15, -0.1) is 0 Å². The molecule has 0 aromatic rings. The second kappa shape index (κ2) is 7.20. The molecule has 1 aliphatic carbocycles. The zero-order chi connectivity index (χ0) is 11.1. The Hall–Kier alpha value is -0.120. The summed E-state index contributed by atoms with van der Waals surface area (Å²) in [5.74, 6) is 0.899. The summed E-state index contributed by atoms with van der Waals surface area (Å²) in [7, 11) is 0. The second-order valence-corrected chi connectivity index (χ2v) is 4.61. The molecule has 1 unspecified atom stereocenters. The first kappa shape index (κ1) is 12.9. The number of likely N-dealkylation sites (N-methyl/N-ethyl adjacent to an activating group) is 2. The largest absolute Gasteiger partial charge is 0.390 e. The van der Waals surface area contributed by atoms with Gasteiger partial charge in [0.25, 0.3) is 0 Å². The van der Waals surface area contributed by atoms with Crippen molar-refractivity contribution >= 4 is 0 Å². The van der Waals surface area contributed by atoms with Gasteiger partial charge in [-0.05, 0) is 31.8 Å². The molecule has 3 nitrogen and oxygen atoms in total. The number of hydrogen-bond acceptors (Lipinski definition) is 3. The van der Waals surface area contributed by atoms with E-state index in [9.17, 15) is 5.11 Å². The Kier molecular flexibility index (Phi) is 6.22. The summed E-state index contributed by atoms with van der Waals surface area (Å²) in [5.41, 5.74) is 0. The Morgan fingerprint density at radius 2 is 2.13 bits per heavy atom. The minimum absolute atomic E-state index is 0.218. The third-order valence-electron chi connectivity index (χ3n) is 3.29. The van der Waals surface area contributed by atoms with Crippen molar-refractivity contribution < 1.29 is 5.11 Å². The maximum atomic E-state index is 9.78. The Morgan fingerprint density at radius 1 is 1.40 bits per heavy atom. The van der Waals surface area contributed by atoms with Gasteiger partial charge in [0.15, 0.2) is 0 Å². The Balaban J connectivity index is 2.13. The van der Waals surface area contributed by atoms with E-state index in [1.54, 1.807) is 0 Å². The minimum Gasteiger partial charge on any atom is -0.390 e. The van der Waals surface area contributed by atoms with E-state index in [2.05, 4.69) is 24.1 Å². The number of aliphatic hydroxyl groups is 1. The quantitative estimate of drug-likeness (QED) is 0.634. The predicted molar refractivity (Wildman–Crippen MR) is 64.0 cm³/mol. The first-order valence-electron chi connectivity index (χ1n) is 6.37. The van der Waals surface area contributed by atoms with E-state index in [4.69, 9.17) is 0 Å². The molecular formula is C12H26N2O. The number of rotatable bonds is 8.